The molecule has 0 aliphatic carbocycles. The van der Waals surface area contributed by atoms with Gasteiger partial charge in [-0.3, -0.25) is 9.59 Å². The number of nitrogens with one attached hydrogen (secondary N) is 1. The average molecular weight is 498 g/mol. The minimum atomic E-state index is -0.781. The van der Waals surface area contributed by atoms with Gasteiger partial charge in [0.1, 0.15) is 18.1 Å². The van der Waals surface area contributed by atoms with Crippen molar-refractivity contribution in [3.05, 3.63) is 95.1 Å². The number of benzene rings is 3. The second-order valence-electron chi connectivity index (χ2n) is 10.0. The zero-order valence-electron chi connectivity index (χ0n) is 22.0. The molecule has 7 heteroatoms. The van der Waals surface area contributed by atoms with Crippen molar-refractivity contribution in [1.82, 2.24) is 25.2 Å². The fourth-order valence-electron chi connectivity index (χ4n) is 4.27. The van der Waals surface area contributed by atoms with E-state index in [0.717, 1.165) is 39.7 Å². The molecule has 1 aromatic heterocycles. The number of nitrogens with zero attached hydrogens (tertiary/aromatic N) is 4. The summed E-state index contributed by atoms with van der Waals surface area (Å²) in [4.78, 5) is 29.3. The molecule has 0 spiro atoms. The fraction of sp³-hybridized carbons (Fsp3) is 0.333. The van der Waals surface area contributed by atoms with Crippen molar-refractivity contribution in [3.8, 4) is 0 Å². The molecule has 0 unspecified atom stereocenters. The monoisotopic (exact) mass is 497 g/mol. The molecule has 2 amide bonds. The molecule has 1 N–H and O–H groups in total. The molecule has 4 aromatic rings. The van der Waals surface area contributed by atoms with Crippen LogP contribution in [0.25, 0.3) is 11.0 Å². The first-order valence-electron chi connectivity index (χ1n) is 12.8. The number of para-hydroxylation sites is 1. The largest absolute Gasteiger partial charge is 0.354 e. The molecule has 3 aromatic carbocycles. The van der Waals surface area contributed by atoms with E-state index in [1.807, 2.05) is 86.6 Å². The average Bonchev–Trinajstić information content (AvgIpc) is 3.28. The van der Waals surface area contributed by atoms with Crippen molar-refractivity contribution in [2.45, 2.75) is 53.2 Å². The number of hydrogen-bond donors (Lipinski definition) is 1. The smallest absolute Gasteiger partial charge is 0.247 e. The lowest BCUT2D eigenvalue weighted by Crippen LogP contribution is -2.45. The highest BCUT2D eigenvalue weighted by atomic mass is 16.2. The van der Waals surface area contributed by atoms with E-state index in [9.17, 15) is 9.59 Å². The van der Waals surface area contributed by atoms with Gasteiger partial charge < -0.3 is 10.2 Å². The van der Waals surface area contributed by atoms with Gasteiger partial charge in [-0.2, -0.15) is 0 Å². The number of fused-ring (bicyclic) bond motifs is 1. The number of aromatic nitrogens is 3. The van der Waals surface area contributed by atoms with E-state index >= 15 is 0 Å². The summed E-state index contributed by atoms with van der Waals surface area (Å²) in [6.07, 6.45) is 0.864. The summed E-state index contributed by atoms with van der Waals surface area (Å²) in [7, 11) is 0. The van der Waals surface area contributed by atoms with E-state index in [1.165, 1.54) is 0 Å². The lowest BCUT2D eigenvalue weighted by atomic mass is 10.0. The first kappa shape index (κ1) is 26.1. The molecule has 0 bridgehead atoms. The van der Waals surface area contributed by atoms with Gasteiger partial charge >= 0.3 is 0 Å². The van der Waals surface area contributed by atoms with E-state index in [4.69, 9.17) is 0 Å². The second kappa shape index (κ2) is 11.8. The normalized spacial score (nSPS) is 12.0. The van der Waals surface area contributed by atoms with Gasteiger partial charge in [0.05, 0.1) is 5.52 Å². The number of aryl methyl sites for hydroxylation is 2. The Bertz CT molecular complexity index is 1340. The van der Waals surface area contributed by atoms with E-state index < -0.39 is 6.04 Å². The van der Waals surface area contributed by atoms with Crippen LogP contribution in [0.5, 0.6) is 0 Å². The highest BCUT2D eigenvalue weighted by Gasteiger charge is 2.32. The van der Waals surface area contributed by atoms with E-state index in [-0.39, 0.29) is 18.4 Å². The van der Waals surface area contributed by atoms with Crippen molar-refractivity contribution in [3.63, 3.8) is 0 Å². The standard InChI is InChI=1S/C30H35N5O2/c1-21(2)17-18-31-30(37)29(25-15-11-23(4)12-16-25)34(19-24-13-9-22(3)10-14-24)28(36)20-35-27-8-6-5-7-26(27)32-33-35/h5-16,21,29H,17-20H2,1-4H3,(H,31,37)/t29-/m0/s1. The predicted octanol–water partition coefficient (Wildman–Crippen LogP) is 4.98. The summed E-state index contributed by atoms with van der Waals surface area (Å²) in [5, 5.41) is 11.5. The van der Waals surface area contributed by atoms with Gasteiger partial charge in [-0.05, 0) is 49.4 Å². The Balaban J connectivity index is 1.71. The Morgan fingerprint density at radius 2 is 1.57 bits per heavy atom. The molecule has 0 saturated heterocycles. The second-order valence-corrected chi connectivity index (χ2v) is 10.0. The van der Waals surface area contributed by atoms with Crippen LogP contribution in [0.1, 0.15) is 48.6 Å². The summed E-state index contributed by atoms with van der Waals surface area (Å²) in [5.74, 6) is 0.0678. The molecule has 1 heterocycles. The Morgan fingerprint density at radius 3 is 2.24 bits per heavy atom. The van der Waals surface area contributed by atoms with Gasteiger partial charge in [0.15, 0.2) is 0 Å². The SMILES string of the molecule is Cc1ccc(CN(C(=O)Cn2nnc3ccccc32)[C@H](C(=O)NCCC(C)C)c2ccc(C)cc2)cc1. The first-order valence-corrected chi connectivity index (χ1v) is 12.8. The van der Waals surface area contributed by atoms with Crippen LogP contribution in [0.4, 0.5) is 0 Å². The fourth-order valence-corrected chi connectivity index (χ4v) is 4.27. The summed E-state index contributed by atoms with van der Waals surface area (Å²) >= 11 is 0. The molecule has 192 valence electrons. The van der Waals surface area contributed by atoms with Crippen LogP contribution in [0.3, 0.4) is 0 Å². The molecule has 1 atom stereocenters. The Kier molecular flexibility index (Phi) is 8.33. The predicted molar refractivity (Wildman–Crippen MR) is 146 cm³/mol. The maximum absolute atomic E-state index is 14.0. The molecule has 0 aliphatic rings. The van der Waals surface area contributed by atoms with Crippen molar-refractivity contribution >= 4 is 22.8 Å². The van der Waals surface area contributed by atoms with Gasteiger partial charge in [-0.25, -0.2) is 4.68 Å². The Hall–Kier alpha value is -4.00. The number of carbonyl (C=O) groups is 2. The van der Waals surface area contributed by atoms with Crippen LogP contribution in [0.15, 0.2) is 72.8 Å². The van der Waals surface area contributed by atoms with Crippen LogP contribution in [-0.2, 0) is 22.7 Å². The molecule has 0 fully saturated rings. The minimum Gasteiger partial charge on any atom is -0.354 e. The Morgan fingerprint density at radius 1 is 0.919 bits per heavy atom. The highest BCUT2D eigenvalue weighted by molar-refractivity contribution is 5.89. The van der Waals surface area contributed by atoms with Gasteiger partial charge in [-0.1, -0.05) is 90.9 Å². The molecule has 0 radical (unpaired) electrons. The van der Waals surface area contributed by atoms with E-state index in [2.05, 4.69) is 29.5 Å². The van der Waals surface area contributed by atoms with Gasteiger partial charge in [0, 0.05) is 13.1 Å². The van der Waals surface area contributed by atoms with Crippen LogP contribution >= 0.6 is 0 Å². The summed E-state index contributed by atoms with van der Waals surface area (Å²) in [6, 6.07) is 22.6. The molecule has 4 rings (SSSR count). The summed E-state index contributed by atoms with van der Waals surface area (Å²) < 4.78 is 1.60. The van der Waals surface area contributed by atoms with E-state index in [1.54, 1.807) is 9.58 Å². The van der Waals surface area contributed by atoms with Crippen LogP contribution in [0, 0.1) is 19.8 Å². The maximum atomic E-state index is 14.0. The third-order valence-electron chi connectivity index (χ3n) is 6.47. The van der Waals surface area contributed by atoms with Crippen molar-refractivity contribution in [2.75, 3.05) is 6.54 Å². The minimum absolute atomic E-state index is 0.0198. The quantitative estimate of drug-likeness (QED) is 0.335. The van der Waals surface area contributed by atoms with Crippen molar-refractivity contribution in [2.24, 2.45) is 5.92 Å². The van der Waals surface area contributed by atoms with Crippen molar-refractivity contribution in [1.29, 1.82) is 0 Å². The number of hydrogen-bond acceptors (Lipinski definition) is 4. The van der Waals surface area contributed by atoms with Crippen molar-refractivity contribution < 1.29 is 9.59 Å². The zero-order valence-corrected chi connectivity index (χ0v) is 22.0. The van der Waals surface area contributed by atoms with Crippen LogP contribution in [0.2, 0.25) is 0 Å². The van der Waals surface area contributed by atoms with Gasteiger partial charge in [0.2, 0.25) is 11.8 Å². The lowest BCUT2D eigenvalue weighted by molar-refractivity contribution is -0.142. The third-order valence-corrected chi connectivity index (χ3v) is 6.47. The third kappa shape index (κ3) is 6.61. The molecule has 7 nitrogen and oxygen atoms in total. The number of carbonyl (C=O) groups excluding carboxylic acids is 2. The van der Waals surface area contributed by atoms with E-state index in [0.29, 0.717) is 19.0 Å². The summed E-state index contributed by atoms with van der Waals surface area (Å²) in [6.45, 7) is 9.11. The summed E-state index contributed by atoms with van der Waals surface area (Å²) in [5.41, 5.74) is 5.46. The van der Waals surface area contributed by atoms with Crippen LogP contribution in [-0.4, -0.2) is 38.3 Å². The van der Waals surface area contributed by atoms with Gasteiger partial charge in [-0.15, -0.1) is 5.10 Å². The molecular weight excluding hydrogens is 462 g/mol. The topological polar surface area (TPSA) is 80.1 Å². The maximum Gasteiger partial charge on any atom is 0.247 e. The Labute approximate surface area is 218 Å². The van der Waals surface area contributed by atoms with Crippen LogP contribution < -0.4 is 5.32 Å². The molecule has 37 heavy (non-hydrogen) atoms. The molecule has 0 aliphatic heterocycles. The van der Waals surface area contributed by atoms with Gasteiger partial charge in [0.25, 0.3) is 0 Å². The number of amides is 2. The molecular formula is C30H35N5O2. The molecule has 0 saturated carbocycles. The zero-order chi connectivity index (χ0) is 26.4. The lowest BCUT2D eigenvalue weighted by Gasteiger charge is -2.32. The first-order chi connectivity index (χ1) is 17.8. The number of rotatable bonds is 10. The highest BCUT2D eigenvalue weighted by Crippen LogP contribution is 2.25.